The molecule has 0 atom stereocenters. The Kier molecular flexibility index (Phi) is 16.9. The molecule has 0 unspecified atom stereocenters. The molecule has 0 fully saturated rings. The second kappa shape index (κ2) is 19.1. The van der Waals surface area contributed by atoms with Gasteiger partial charge >= 0.3 is 0 Å². The van der Waals surface area contributed by atoms with Crippen LogP contribution >= 0.6 is 11.8 Å². The molecule has 0 heterocycles. The lowest BCUT2D eigenvalue weighted by atomic mass is 10.1. The monoisotopic (exact) mass is 442 g/mol. The van der Waals surface area contributed by atoms with E-state index in [1.54, 1.807) is 0 Å². The van der Waals surface area contributed by atoms with Crippen molar-refractivity contribution >= 4 is 28.8 Å². The van der Waals surface area contributed by atoms with Crippen molar-refractivity contribution in [2.24, 2.45) is 0 Å². The minimum absolute atomic E-state index is 0.461. The van der Waals surface area contributed by atoms with Crippen molar-refractivity contribution in [1.29, 1.82) is 0 Å². The number of unbranched alkanes of at least 4 members (excludes halogenated alkanes) is 9. The van der Waals surface area contributed by atoms with Crippen molar-refractivity contribution in [3.63, 3.8) is 0 Å². The maximum absolute atomic E-state index is 3.37. The summed E-state index contributed by atoms with van der Waals surface area (Å²) in [6, 6.07) is 19.0. The summed E-state index contributed by atoms with van der Waals surface area (Å²) in [5, 5.41) is 6.72. The van der Waals surface area contributed by atoms with Crippen molar-refractivity contribution in [3.8, 4) is 0 Å². The van der Waals surface area contributed by atoms with Crippen LogP contribution in [0.1, 0.15) is 85.0 Å². The average molecular weight is 443 g/mol. The van der Waals surface area contributed by atoms with Crippen molar-refractivity contribution in [3.05, 3.63) is 54.6 Å². The van der Waals surface area contributed by atoms with Crippen LogP contribution in [0.5, 0.6) is 0 Å². The fraction of sp³-hybridized carbons (Fsp3) is 0.571. The number of hydrogen-bond donors (Lipinski definition) is 2. The maximum Gasteiger partial charge on any atom is 0.0385 e. The largest absolute Gasteiger partial charge is 0.383 e. The second-order valence-electron chi connectivity index (χ2n) is 8.54. The molecule has 2 rings (SSSR count). The average Bonchev–Trinajstić information content (AvgIpc) is 2.77. The van der Waals surface area contributed by atoms with Gasteiger partial charge in [-0.1, -0.05) is 82.9 Å². The summed E-state index contributed by atoms with van der Waals surface area (Å²) in [4.78, 5) is 0. The molecular weight excluding hydrogens is 396 g/mol. The molecule has 0 aliphatic carbocycles. The lowest BCUT2D eigenvalue weighted by Gasteiger charge is -2.11. The molecule has 0 aromatic heterocycles. The van der Waals surface area contributed by atoms with Gasteiger partial charge in [-0.05, 0) is 68.7 Å². The highest BCUT2D eigenvalue weighted by molar-refractivity contribution is 7.98. The van der Waals surface area contributed by atoms with Crippen LogP contribution < -0.4 is 10.6 Å². The van der Waals surface area contributed by atoms with E-state index in [-0.39, 0.29) is 0 Å². The summed E-state index contributed by atoms with van der Waals surface area (Å²) in [6.45, 7) is 6.55. The van der Waals surface area contributed by atoms with Crippen molar-refractivity contribution in [2.45, 2.75) is 91.0 Å². The van der Waals surface area contributed by atoms with Gasteiger partial charge in [-0.3, -0.25) is 0 Å². The quantitative estimate of drug-likeness (QED) is 0.268. The Morgan fingerprint density at radius 1 is 0.645 bits per heavy atom. The van der Waals surface area contributed by atoms with Crippen LogP contribution in [0.4, 0.5) is 17.1 Å². The Labute approximate surface area is 197 Å². The first-order valence-electron chi connectivity index (χ1n) is 12.3. The highest BCUT2D eigenvalue weighted by atomic mass is 32.2. The third-order valence-corrected chi connectivity index (χ3v) is 5.80. The highest BCUT2D eigenvalue weighted by Crippen LogP contribution is 2.19. The third kappa shape index (κ3) is 15.8. The van der Waals surface area contributed by atoms with Gasteiger partial charge in [0.2, 0.25) is 0 Å². The molecule has 0 saturated carbocycles. The molecule has 0 saturated heterocycles. The minimum Gasteiger partial charge on any atom is -0.383 e. The minimum atomic E-state index is 0.461. The Morgan fingerprint density at radius 2 is 1.13 bits per heavy atom. The molecule has 0 aliphatic rings. The predicted octanol–water partition coefficient (Wildman–Crippen LogP) is 9.52. The van der Waals surface area contributed by atoms with E-state index in [2.05, 4.69) is 74.1 Å². The van der Waals surface area contributed by atoms with E-state index in [1.165, 1.54) is 70.0 Å². The Balaban J connectivity index is 0.000000318. The number of rotatable bonds is 15. The molecule has 174 valence electrons. The van der Waals surface area contributed by atoms with Crippen LogP contribution in [0.15, 0.2) is 54.6 Å². The Hall–Kier alpha value is -1.61. The molecule has 2 N–H and O–H groups in total. The summed E-state index contributed by atoms with van der Waals surface area (Å²) in [6.07, 6.45) is 16.7. The van der Waals surface area contributed by atoms with Gasteiger partial charge in [0.25, 0.3) is 0 Å². The second-order valence-corrected chi connectivity index (χ2v) is 9.53. The highest BCUT2D eigenvalue weighted by Gasteiger charge is 1.97. The zero-order valence-electron chi connectivity index (χ0n) is 20.5. The van der Waals surface area contributed by atoms with Crippen molar-refractivity contribution in [1.82, 2.24) is 0 Å². The smallest absolute Gasteiger partial charge is 0.0385 e. The Bertz CT molecular complexity index is 613. The number of benzene rings is 2. The predicted molar refractivity (Wildman–Crippen MR) is 145 cm³/mol. The van der Waals surface area contributed by atoms with E-state index in [0.29, 0.717) is 6.04 Å². The van der Waals surface area contributed by atoms with E-state index in [9.17, 15) is 0 Å². The van der Waals surface area contributed by atoms with Gasteiger partial charge in [0, 0.05) is 23.1 Å². The molecule has 0 bridgehead atoms. The number of nitrogens with one attached hydrogen (secondary N) is 2. The third-order valence-electron chi connectivity index (χ3n) is 5.10. The molecule has 2 aromatic rings. The summed E-state index contributed by atoms with van der Waals surface area (Å²) in [7, 11) is 0. The first kappa shape index (κ1) is 27.4. The van der Waals surface area contributed by atoms with Gasteiger partial charge in [0.1, 0.15) is 0 Å². The standard InChI is InChI=1S/C15H18N2.C13H28S/c1-12(2)16-14-8-10-15(11-9-14)17-13-6-4-3-5-7-13;1-3-4-5-6-7-8-9-10-11-12-13-14-2/h3-12,16-17H,1-2H3;3-13H2,1-2H3. The molecule has 2 nitrogen and oxygen atoms in total. The van der Waals surface area contributed by atoms with E-state index >= 15 is 0 Å². The molecule has 31 heavy (non-hydrogen) atoms. The van der Waals surface area contributed by atoms with Crippen LogP contribution in [-0.2, 0) is 0 Å². The number of anilines is 3. The maximum atomic E-state index is 3.37. The molecule has 0 spiro atoms. The summed E-state index contributed by atoms with van der Waals surface area (Å²) < 4.78 is 0. The normalized spacial score (nSPS) is 10.5. The topological polar surface area (TPSA) is 24.1 Å². The van der Waals surface area contributed by atoms with Gasteiger partial charge in [0.05, 0.1) is 0 Å². The van der Waals surface area contributed by atoms with Gasteiger partial charge in [-0.2, -0.15) is 11.8 Å². The zero-order chi connectivity index (χ0) is 22.6. The van der Waals surface area contributed by atoms with Gasteiger partial charge in [-0.25, -0.2) is 0 Å². The molecule has 0 radical (unpaired) electrons. The molecule has 3 heteroatoms. The fourth-order valence-electron chi connectivity index (χ4n) is 3.41. The Morgan fingerprint density at radius 3 is 1.65 bits per heavy atom. The van der Waals surface area contributed by atoms with Crippen molar-refractivity contribution in [2.75, 3.05) is 22.6 Å². The summed E-state index contributed by atoms with van der Waals surface area (Å²) in [5.41, 5.74) is 3.36. The van der Waals surface area contributed by atoms with E-state index < -0.39 is 0 Å². The van der Waals surface area contributed by atoms with Crippen LogP contribution in [0.25, 0.3) is 0 Å². The van der Waals surface area contributed by atoms with Crippen LogP contribution in [-0.4, -0.2) is 18.1 Å². The lowest BCUT2D eigenvalue weighted by Crippen LogP contribution is -2.09. The zero-order valence-corrected chi connectivity index (χ0v) is 21.3. The van der Waals surface area contributed by atoms with E-state index in [1.807, 2.05) is 30.0 Å². The van der Waals surface area contributed by atoms with E-state index in [4.69, 9.17) is 0 Å². The van der Waals surface area contributed by atoms with Crippen LogP contribution in [0.2, 0.25) is 0 Å². The van der Waals surface area contributed by atoms with E-state index in [0.717, 1.165) is 17.1 Å². The molecular formula is C28H46N2S. The number of hydrogen-bond acceptors (Lipinski definition) is 3. The molecule has 2 aromatic carbocycles. The van der Waals surface area contributed by atoms with Gasteiger partial charge < -0.3 is 10.6 Å². The van der Waals surface area contributed by atoms with Gasteiger partial charge in [-0.15, -0.1) is 0 Å². The SMILES string of the molecule is CC(C)Nc1ccc(Nc2ccccc2)cc1.CCCCCCCCCCCCSC. The summed E-state index contributed by atoms with van der Waals surface area (Å²) >= 11 is 1.98. The number of para-hydroxylation sites is 1. The number of thioether (sulfide) groups is 1. The molecule has 0 aliphatic heterocycles. The van der Waals surface area contributed by atoms with Crippen LogP contribution in [0, 0.1) is 0 Å². The van der Waals surface area contributed by atoms with Crippen LogP contribution in [0.3, 0.4) is 0 Å². The first-order chi connectivity index (χ1) is 15.2. The molecule has 0 amide bonds. The first-order valence-corrected chi connectivity index (χ1v) is 13.7. The fourth-order valence-corrected chi connectivity index (χ4v) is 3.90. The lowest BCUT2D eigenvalue weighted by molar-refractivity contribution is 0.563. The van der Waals surface area contributed by atoms with Crippen molar-refractivity contribution < 1.29 is 0 Å². The summed E-state index contributed by atoms with van der Waals surface area (Å²) in [5.74, 6) is 1.36. The van der Waals surface area contributed by atoms with Gasteiger partial charge in [0.15, 0.2) is 0 Å².